The van der Waals surface area contributed by atoms with E-state index in [4.69, 9.17) is 0 Å². The topological polar surface area (TPSA) is 35.6 Å². The van der Waals surface area contributed by atoms with Crippen LogP contribution in [0.25, 0.3) is 0 Å². The zero-order valence-corrected chi connectivity index (χ0v) is 17.2. The number of hydrogen-bond donors (Lipinski definition) is 1. The van der Waals surface area contributed by atoms with Gasteiger partial charge in [0, 0.05) is 38.4 Å². The van der Waals surface area contributed by atoms with Crippen LogP contribution in [0.2, 0.25) is 0 Å². The Morgan fingerprint density at radius 3 is 2.65 bits per heavy atom. The van der Waals surface area contributed by atoms with Crippen molar-refractivity contribution in [3.05, 3.63) is 77.9 Å². The van der Waals surface area contributed by atoms with Gasteiger partial charge in [0.2, 0.25) is 5.91 Å². The van der Waals surface area contributed by atoms with Crippen LogP contribution in [0.1, 0.15) is 16.7 Å². The van der Waals surface area contributed by atoms with Crippen LogP contribution in [0.3, 0.4) is 0 Å². The van der Waals surface area contributed by atoms with E-state index in [2.05, 4.69) is 33.8 Å². The molecule has 0 unspecified atom stereocenters. The Balaban J connectivity index is 1.62. The zero-order chi connectivity index (χ0) is 22.0. The minimum atomic E-state index is -4.40. The second kappa shape index (κ2) is 8.75. The van der Waals surface area contributed by atoms with E-state index < -0.39 is 17.7 Å². The summed E-state index contributed by atoms with van der Waals surface area (Å²) in [6.07, 6.45) is -2.50. The van der Waals surface area contributed by atoms with Gasteiger partial charge in [-0.25, -0.2) is 0 Å². The van der Waals surface area contributed by atoms with Crippen molar-refractivity contribution < 1.29 is 18.0 Å². The lowest BCUT2D eigenvalue weighted by Gasteiger charge is -2.49. The largest absolute Gasteiger partial charge is 0.416 e. The van der Waals surface area contributed by atoms with E-state index in [-0.39, 0.29) is 11.9 Å². The molecule has 164 valence electrons. The third kappa shape index (κ3) is 4.61. The van der Waals surface area contributed by atoms with Crippen molar-refractivity contribution in [1.29, 1.82) is 0 Å². The third-order valence-corrected chi connectivity index (χ3v) is 6.13. The lowest BCUT2D eigenvalue weighted by atomic mass is 9.82. The van der Waals surface area contributed by atoms with Crippen molar-refractivity contribution in [3.63, 3.8) is 0 Å². The highest BCUT2D eigenvalue weighted by Crippen LogP contribution is 2.39. The number of alkyl halides is 3. The number of rotatable bonds is 5. The average molecular weight is 429 g/mol. The fraction of sp³-hybridized carbons (Fsp3) is 0.375. The van der Waals surface area contributed by atoms with E-state index in [0.717, 1.165) is 24.8 Å². The molecule has 0 bridgehead atoms. The number of carbonyl (C=O) groups excluding carboxylic acids is 1. The van der Waals surface area contributed by atoms with Gasteiger partial charge >= 0.3 is 6.18 Å². The Hall–Kier alpha value is -2.80. The molecule has 0 radical (unpaired) electrons. The lowest BCUT2D eigenvalue weighted by molar-refractivity contribution is -0.137. The van der Waals surface area contributed by atoms with Gasteiger partial charge in [0.05, 0.1) is 17.5 Å². The Labute approximate surface area is 180 Å². The van der Waals surface area contributed by atoms with Gasteiger partial charge in [-0.1, -0.05) is 36.4 Å². The SMILES string of the molecule is C=CCNC(=O)[C@@H]1Cc2cc(C(F)(F)F)ccc2N2CCN(Cc3ccccc3)C[C@H]12. The first-order chi connectivity index (χ1) is 14.9. The fourth-order valence-electron chi connectivity index (χ4n) is 4.65. The van der Waals surface area contributed by atoms with Crippen LogP contribution in [-0.2, 0) is 23.9 Å². The van der Waals surface area contributed by atoms with E-state index in [0.29, 0.717) is 31.6 Å². The second-order valence-electron chi connectivity index (χ2n) is 8.17. The molecule has 1 amide bonds. The van der Waals surface area contributed by atoms with Crippen LogP contribution in [0.15, 0.2) is 61.2 Å². The molecule has 2 aliphatic heterocycles. The lowest BCUT2D eigenvalue weighted by Crippen LogP contribution is -2.60. The molecule has 4 rings (SSSR count). The number of nitrogens with one attached hydrogen (secondary N) is 1. The summed E-state index contributed by atoms with van der Waals surface area (Å²) in [7, 11) is 0. The van der Waals surface area contributed by atoms with Crippen LogP contribution >= 0.6 is 0 Å². The molecule has 7 heteroatoms. The summed E-state index contributed by atoms with van der Waals surface area (Å²) in [6, 6.07) is 14.0. The minimum Gasteiger partial charge on any atom is -0.365 e. The van der Waals surface area contributed by atoms with Crippen LogP contribution in [0, 0.1) is 5.92 Å². The fourth-order valence-corrected chi connectivity index (χ4v) is 4.65. The molecule has 2 heterocycles. The summed E-state index contributed by atoms with van der Waals surface area (Å²) in [5.74, 6) is -0.561. The highest BCUT2D eigenvalue weighted by atomic mass is 19.4. The smallest absolute Gasteiger partial charge is 0.365 e. The molecule has 2 aromatic rings. The van der Waals surface area contributed by atoms with Crippen LogP contribution < -0.4 is 10.2 Å². The predicted molar refractivity (Wildman–Crippen MR) is 115 cm³/mol. The quantitative estimate of drug-likeness (QED) is 0.733. The number of halogens is 3. The molecule has 0 aliphatic carbocycles. The summed E-state index contributed by atoms with van der Waals surface area (Å²) >= 11 is 0. The number of amides is 1. The van der Waals surface area contributed by atoms with E-state index in [1.54, 1.807) is 12.1 Å². The van der Waals surface area contributed by atoms with Crippen LogP contribution in [0.5, 0.6) is 0 Å². The highest BCUT2D eigenvalue weighted by molar-refractivity contribution is 5.82. The van der Waals surface area contributed by atoms with E-state index in [9.17, 15) is 18.0 Å². The number of nitrogens with zero attached hydrogens (tertiary/aromatic N) is 2. The normalized spacial score (nSPS) is 21.2. The van der Waals surface area contributed by atoms with Gasteiger partial charge < -0.3 is 10.2 Å². The van der Waals surface area contributed by atoms with Crippen molar-refractivity contribution in [3.8, 4) is 0 Å². The monoisotopic (exact) mass is 429 g/mol. The Morgan fingerprint density at radius 1 is 1.16 bits per heavy atom. The first-order valence-electron chi connectivity index (χ1n) is 10.5. The molecule has 0 spiro atoms. The molecule has 0 saturated carbocycles. The summed E-state index contributed by atoms with van der Waals surface area (Å²) in [6.45, 7) is 6.89. The molecule has 0 aromatic heterocycles. The van der Waals surface area contributed by atoms with E-state index >= 15 is 0 Å². The number of hydrogen-bond acceptors (Lipinski definition) is 3. The zero-order valence-electron chi connectivity index (χ0n) is 17.2. The maximum atomic E-state index is 13.3. The van der Waals surface area contributed by atoms with Gasteiger partial charge in [-0.3, -0.25) is 9.69 Å². The Morgan fingerprint density at radius 2 is 1.94 bits per heavy atom. The molecule has 1 N–H and O–H groups in total. The Bertz CT molecular complexity index is 945. The first kappa shape index (κ1) is 21.4. The maximum absolute atomic E-state index is 13.3. The van der Waals surface area contributed by atoms with Gasteiger partial charge in [0.15, 0.2) is 0 Å². The molecule has 1 fully saturated rings. The van der Waals surface area contributed by atoms with Crippen LogP contribution in [0.4, 0.5) is 18.9 Å². The van der Waals surface area contributed by atoms with E-state index in [1.807, 2.05) is 18.2 Å². The standard InChI is InChI=1S/C24H26F3N3O/c1-2-10-28-23(31)20-14-18-13-19(24(25,26)27)8-9-21(18)30-12-11-29(16-22(20)30)15-17-6-4-3-5-7-17/h2-9,13,20,22H,1,10-12,14-16H2,(H,28,31)/t20-,22-/m1/s1. The third-order valence-electron chi connectivity index (χ3n) is 6.13. The maximum Gasteiger partial charge on any atom is 0.416 e. The molecular weight excluding hydrogens is 403 g/mol. The van der Waals surface area contributed by atoms with Crippen molar-refractivity contribution in [2.75, 3.05) is 31.1 Å². The average Bonchev–Trinajstić information content (AvgIpc) is 2.76. The Kier molecular flexibility index (Phi) is 6.05. The molecule has 2 aromatic carbocycles. The summed E-state index contributed by atoms with van der Waals surface area (Å²) in [5, 5.41) is 2.85. The summed E-state index contributed by atoms with van der Waals surface area (Å²) < 4.78 is 39.8. The number of fused-ring (bicyclic) bond motifs is 3. The van der Waals surface area contributed by atoms with Crippen molar-refractivity contribution in [2.24, 2.45) is 5.92 Å². The number of piperazine rings is 1. The van der Waals surface area contributed by atoms with Crippen molar-refractivity contribution >= 4 is 11.6 Å². The van der Waals surface area contributed by atoms with Crippen molar-refractivity contribution in [1.82, 2.24) is 10.2 Å². The number of carbonyl (C=O) groups is 1. The number of benzene rings is 2. The summed E-state index contributed by atoms with van der Waals surface area (Å²) in [5.41, 5.74) is 1.93. The van der Waals surface area contributed by atoms with Gasteiger partial charge in [-0.15, -0.1) is 6.58 Å². The predicted octanol–water partition coefficient (Wildman–Crippen LogP) is 3.87. The van der Waals surface area contributed by atoms with E-state index in [1.165, 1.54) is 11.6 Å². The molecule has 31 heavy (non-hydrogen) atoms. The molecule has 4 nitrogen and oxygen atoms in total. The molecule has 2 aliphatic rings. The summed E-state index contributed by atoms with van der Waals surface area (Å²) in [4.78, 5) is 17.4. The van der Waals surface area contributed by atoms with Gasteiger partial charge in [-0.2, -0.15) is 13.2 Å². The van der Waals surface area contributed by atoms with Crippen LogP contribution in [-0.4, -0.2) is 43.0 Å². The van der Waals surface area contributed by atoms with Gasteiger partial charge in [0.25, 0.3) is 0 Å². The van der Waals surface area contributed by atoms with Gasteiger partial charge in [-0.05, 0) is 35.7 Å². The first-order valence-corrected chi connectivity index (χ1v) is 10.5. The van der Waals surface area contributed by atoms with Gasteiger partial charge in [0.1, 0.15) is 0 Å². The molecule has 2 atom stereocenters. The molecule has 1 saturated heterocycles. The van der Waals surface area contributed by atoms with Crippen molar-refractivity contribution in [2.45, 2.75) is 25.2 Å². The minimum absolute atomic E-state index is 0.0912. The second-order valence-corrected chi connectivity index (χ2v) is 8.17. The number of anilines is 1. The molecular formula is C24H26F3N3O. The highest BCUT2D eigenvalue weighted by Gasteiger charge is 2.42.